The standard InChI is InChI=1S/C15H18F3N5S/c1-10-7-11(2)20-14(19-10)23-5-3-22(4-6-23)8-13-21-12(9-24-13)15(16,17)18/h7,9H,3-6,8H2,1-2H3. The van der Waals surface area contributed by atoms with Crippen LogP contribution in [-0.4, -0.2) is 46.0 Å². The second-order valence-corrected chi connectivity index (χ2v) is 6.78. The van der Waals surface area contributed by atoms with Gasteiger partial charge in [-0.2, -0.15) is 13.2 Å². The molecule has 0 radical (unpaired) electrons. The number of thiazole rings is 1. The Morgan fingerprint density at radius 2 is 1.67 bits per heavy atom. The highest BCUT2D eigenvalue weighted by Gasteiger charge is 2.34. The number of nitrogens with zero attached hydrogens (tertiary/aromatic N) is 5. The van der Waals surface area contributed by atoms with Crippen LogP contribution in [0.5, 0.6) is 0 Å². The van der Waals surface area contributed by atoms with E-state index in [2.05, 4.69) is 24.8 Å². The number of aryl methyl sites for hydroxylation is 2. The smallest absolute Gasteiger partial charge is 0.338 e. The number of halogens is 3. The molecule has 0 atom stereocenters. The highest BCUT2D eigenvalue weighted by molar-refractivity contribution is 7.09. The third kappa shape index (κ3) is 4.02. The van der Waals surface area contributed by atoms with Gasteiger partial charge in [-0.15, -0.1) is 11.3 Å². The Hall–Kier alpha value is -1.74. The van der Waals surface area contributed by atoms with Crippen molar-refractivity contribution in [3.63, 3.8) is 0 Å². The van der Waals surface area contributed by atoms with Crippen LogP contribution in [0.1, 0.15) is 22.1 Å². The minimum atomic E-state index is -4.37. The van der Waals surface area contributed by atoms with Crippen LogP contribution in [0.3, 0.4) is 0 Å². The minimum Gasteiger partial charge on any atom is -0.338 e. The van der Waals surface area contributed by atoms with Crippen LogP contribution in [0.4, 0.5) is 19.1 Å². The monoisotopic (exact) mass is 357 g/mol. The van der Waals surface area contributed by atoms with Gasteiger partial charge in [0.2, 0.25) is 5.95 Å². The molecule has 0 saturated carbocycles. The topological polar surface area (TPSA) is 45.2 Å². The van der Waals surface area contributed by atoms with Gasteiger partial charge in [0.15, 0.2) is 5.69 Å². The third-order valence-corrected chi connectivity index (χ3v) is 4.66. The highest BCUT2D eigenvalue weighted by atomic mass is 32.1. The molecule has 1 aliphatic rings. The van der Waals surface area contributed by atoms with Crippen LogP contribution in [0.25, 0.3) is 0 Å². The second-order valence-electron chi connectivity index (χ2n) is 5.84. The van der Waals surface area contributed by atoms with E-state index < -0.39 is 11.9 Å². The Labute approximate surface area is 142 Å². The Morgan fingerprint density at radius 1 is 1.04 bits per heavy atom. The van der Waals surface area contributed by atoms with E-state index in [1.54, 1.807) is 0 Å². The van der Waals surface area contributed by atoms with Crippen molar-refractivity contribution in [1.82, 2.24) is 19.9 Å². The molecule has 3 heterocycles. The van der Waals surface area contributed by atoms with Crippen LogP contribution in [-0.2, 0) is 12.7 Å². The summed E-state index contributed by atoms with van der Waals surface area (Å²) >= 11 is 1.06. The summed E-state index contributed by atoms with van der Waals surface area (Å²) in [6, 6.07) is 1.93. The fourth-order valence-electron chi connectivity index (χ4n) is 2.66. The largest absolute Gasteiger partial charge is 0.434 e. The molecule has 3 rings (SSSR count). The van der Waals surface area contributed by atoms with Crippen molar-refractivity contribution < 1.29 is 13.2 Å². The minimum absolute atomic E-state index is 0.447. The van der Waals surface area contributed by atoms with E-state index in [1.165, 1.54) is 0 Å². The molecule has 1 saturated heterocycles. The van der Waals surface area contributed by atoms with Crippen molar-refractivity contribution in [2.75, 3.05) is 31.1 Å². The highest BCUT2D eigenvalue weighted by Crippen LogP contribution is 2.30. The van der Waals surface area contributed by atoms with E-state index in [0.717, 1.165) is 60.2 Å². The maximum Gasteiger partial charge on any atom is 0.434 e. The van der Waals surface area contributed by atoms with Gasteiger partial charge in [0.05, 0.1) is 6.54 Å². The molecule has 9 heteroatoms. The molecule has 0 bridgehead atoms. The molecule has 0 N–H and O–H groups in total. The molecule has 24 heavy (non-hydrogen) atoms. The lowest BCUT2D eigenvalue weighted by molar-refractivity contribution is -0.140. The van der Waals surface area contributed by atoms with E-state index in [1.807, 2.05) is 19.9 Å². The molecule has 5 nitrogen and oxygen atoms in total. The Balaban J connectivity index is 1.58. The molecule has 1 fully saturated rings. The third-order valence-electron chi connectivity index (χ3n) is 3.83. The molecule has 1 aliphatic heterocycles. The van der Waals surface area contributed by atoms with Crippen LogP contribution < -0.4 is 4.90 Å². The van der Waals surface area contributed by atoms with E-state index in [0.29, 0.717) is 11.6 Å². The summed E-state index contributed by atoms with van der Waals surface area (Å²) in [4.78, 5) is 16.8. The van der Waals surface area contributed by atoms with Gasteiger partial charge in [0.25, 0.3) is 0 Å². The summed E-state index contributed by atoms with van der Waals surface area (Å²) in [5.74, 6) is 0.723. The average molecular weight is 357 g/mol. The van der Waals surface area contributed by atoms with Crippen molar-refractivity contribution in [2.45, 2.75) is 26.6 Å². The van der Waals surface area contributed by atoms with Crippen molar-refractivity contribution >= 4 is 17.3 Å². The molecule has 0 aromatic carbocycles. The molecular weight excluding hydrogens is 339 g/mol. The molecule has 0 amide bonds. The molecule has 2 aromatic heterocycles. The normalized spacial score (nSPS) is 16.6. The van der Waals surface area contributed by atoms with Gasteiger partial charge in [0, 0.05) is 42.9 Å². The van der Waals surface area contributed by atoms with Crippen LogP contribution in [0.15, 0.2) is 11.4 Å². The van der Waals surface area contributed by atoms with E-state index >= 15 is 0 Å². The van der Waals surface area contributed by atoms with Crippen molar-refractivity contribution in [2.24, 2.45) is 0 Å². The fraction of sp³-hybridized carbons (Fsp3) is 0.533. The maximum absolute atomic E-state index is 12.6. The predicted octanol–water partition coefficient (Wildman–Crippen LogP) is 2.89. The zero-order chi connectivity index (χ0) is 17.3. The van der Waals surface area contributed by atoms with Gasteiger partial charge in [0.1, 0.15) is 5.01 Å². The summed E-state index contributed by atoms with van der Waals surface area (Å²) in [5.41, 5.74) is 1.06. The Bertz CT molecular complexity index is 687. The fourth-order valence-corrected chi connectivity index (χ4v) is 3.50. The number of piperazine rings is 1. The first-order chi connectivity index (χ1) is 11.3. The Morgan fingerprint density at radius 3 is 2.21 bits per heavy atom. The number of rotatable bonds is 3. The molecule has 0 unspecified atom stereocenters. The van der Waals surface area contributed by atoms with Gasteiger partial charge in [-0.3, -0.25) is 4.90 Å². The lowest BCUT2D eigenvalue weighted by Crippen LogP contribution is -2.46. The first kappa shape index (κ1) is 17.1. The summed E-state index contributed by atoms with van der Waals surface area (Å²) in [7, 11) is 0. The summed E-state index contributed by atoms with van der Waals surface area (Å²) < 4.78 is 37.8. The van der Waals surface area contributed by atoms with Gasteiger partial charge < -0.3 is 4.90 Å². The van der Waals surface area contributed by atoms with E-state index in [4.69, 9.17) is 0 Å². The van der Waals surface area contributed by atoms with Crippen LogP contribution >= 0.6 is 11.3 Å². The maximum atomic E-state index is 12.6. The number of hydrogen-bond acceptors (Lipinski definition) is 6. The average Bonchev–Trinajstić information content (AvgIpc) is 2.96. The van der Waals surface area contributed by atoms with Gasteiger partial charge in [-0.25, -0.2) is 15.0 Å². The number of alkyl halides is 3. The Kier molecular flexibility index (Phi) is 4.73. The first-order valence-electron chi connectivity index (χ1n) is 7.62. The SMILES string of the molecule is Cc1cc(C)nc(N2CCN(Cc3nc(C(F)(F)F)cs3)CC2)n1. The van der Waals surface area contributed by atoms with Crippen molar-refractivity contribution in [3.05, 3.63) is 33.5 Å². The van der Waals surface area contributed by atoms with E-state index in [-0.39, 0.29) is 0 Å². The molecule has 130 valence electrons. The second kappa shape index (κ2) is 6.64. The summed E-state index contributed by atoms with van der Waals surface area (Å²) in [6.07, 6.45) is -4.37. The molecule has 2 aromatic rings. The number of anilines is 1. The van der Waals surface area contributed by atoms with Crippen molar-refractivity contribution in [3.8, 4) is 0 Å². The van der Waals surface area contributed by atoms with Crippen LogP contribution in [0.2, 0.25) is 0 Å². The molecule has 0 spiro atoms. The zero-order valence-corrected chi connectivity index (χ0v) is 14.3. The van der Waals surface area contributed by atoms with Gasteiger partial charge >= 0.3 is 6.18 Å². The van der Waals surface area contributed by atoms with E-state index in [9.17, 15) is 13.2 Å². The quantitative estimate of drug-likeness (QED) is 0.845. The zero-order valence-electron chi connectivity index (χ0n) is 13.5. The van der Waals surface area contributed by atoms with Crippen LogP contribution in [0, 0.1) is 13.8 Å². The number of aromatic nitrogens is 3. The van der Waals surface area contributed by atoms with Gasteiger partial charge in [-0.1, -0.05) is 0 Å². The first-order valence-corrected chi connectivity index (χ1v) is 8.50. The van der Waals surface area contributed by atoms with Crippen molar-refractivity contribution in [1.29, 1.82) is 0 Å². The van der Waals surface area contributed by atoms with Gasteiger partial charge in [-0.05, 0) is 19.9 Å². The lowest BCUT2D eigenvalue weighted by atomic mass is 10.3. The molecule has 0 aliphatic carbocycles. The predicted molar refractivity (Wildman–Crippen MR) is 86.1 cm³/mol. The number of hydrogen-bond donors (Lipinski definition) is 0. The summed E-state index contributed by atoms with van der Waals surface area (Å²) in [5, 5.41) is 1.58. The molecular formula is C15H18F3N5S. The summed E-state index contributed by atoms with van der Waals surface area (Å²) in [6.45, 7) is 7.32. The lowest BCUT2D eigenvalue weighted by Gasteiger charge is -2.34.